The Morgan fingerprint density at radius 1 is 0.833 bits per heavy atom. The van der Waals surface area contributed by atoms with Crippen molar-refractivity contribution in [2.24, 2.45) is 0 Å². The van der Waals surface area contributed by atoms with Gasteiger partial charge in [-0.2, -0.15) is 0 Å². The summed E-state index contributed by atoms with van der Waals surface area (Å²) in [6.45, 7) is 3.07. The number of benzene rings is 2. The SMILES string of the molecule is CCCCc1cc2nc3ccccc3nc2n1Cc1ccccc1. The van der Waals surface area contributed by atoms with Crippen LogP contribution in [0.3, 0.4) is 0 Å². The zero-order valence-corrected chi connectivity index (χ0v) is 13.9. The molecule has 0 amide bonds. The highest BCUT2D eigenvalue weighted by Gasteiger charge is 2.12. The lowest BCUT2D eigenvalue weighted by Crippen LogP contribution is -2.05. The maximum atomic E-state index is 4.90. The fourth-order valence-electron chi connectivity index (χ4n) is 3.18. The van der Waals surface area contributed by atoms with E-state index < -0.39 is 0 Å². The predicted molar refractivity (Wildman–Crippen MR) is 99.2 cm³/mol. The Labute approximate surface area is 142 Å². The van der Waals surface area contributed by atoms with Gasteiger partial charge in [0, 0.05) is 12.2 Å². The van der Waals surface area contributed by atoms with Crippen LogP contribution in [-0.4, -0.2) is 14.5 Å². The van der Waals surface area contributed by atoms with Crippen LogP contribution in [0, 0.1) is 0 Å². The molecule has 0 aliphatic rings. The van der Waals surface area contributed by atoms with Crippen LogP contribution in [0.5, 0.6) is 0 Å². The molecule has 0 atom stereocenters. The van der Waals surface area contributed by atoms with Gasteiger partial charge in [0.2, 0.25) is 0 Å². The van der Waals surface area contributed by atoms with Gasteiger partial charge in [0.1, 0.15) is 5.52 Å². The summed E-state index contributed by atoms with van der Waals surface area (Å²) in [5.74, 6) is 0. The number of aryl methyl sites for hydroxylation is 1. The Kier molecular flexibility index (Phi) is 3.99. The molecule has 120 valence electrons. The molecule has 4 rings (SSSR count). The van der Waals surface area contributed by atoms with E-state index in [-0.39, 0.29) is 0 Å². The topological polar surface area (TPSA) is 30.7 Å². The molecule has 0 spiro atoms. The molecule has 0 radical (unpaired) electrons. The summed E-state index contributed by atoms with van der Waals surface area (Å²) in [5, 5.41) is 0. The van der Waals surface area contributed by atoms with Crippen LogP contribution in [0.25, 0.3) is 22.2 Å². The molecule has 2 aromatic heterocycles. The fraction of sp³-hybridized carbons (Fsp3) is 0.238. The largest absolute Gasteiger partial charge is 0.324 e. The summed E-state index contributed by atoms with van der Waals surface area (Å²) in [6, 6.07) is 20.9. The van der Waals surface area contributed by atoms with E-state index in [4.69, 9.17) is 9.97 Å². The second kappa shape index (κ2) is 6.44. The van der Waals surface area contributed by atoms with Crippen molar-refractivity contribution < 1.29 is 0 Å². The number of hydrogen-bond donors (Lipinski definition) is 0. The monoisotopic (exact) mass is 315 g/mol. The molecule has 0 fully saturated rings. The molecule has 3 nitrogen and oxygen atoms in total. The van der Waals surface area contributed by atoms with E-state index in [1.165, 1.54) is 24.1 Å². The number of rotatable bonds is 5. The molecule has 0 saturated carbocycles. The lowest BCUT2D eigenvalue weighted by atomic mass is 10.2. The molecule has 0 saturated heterocycles. The standard InChI is InChI=1S/C21H21N3/c1-2-3-11-17-14-20-21(23-19-13-8-7-12-18(19)22-20)24(17)15-16-9-5-4-6-10-16/h4-10,12-14H,2-3,11,15H2,1H3. The molecular formula is C21H21N3. The number of nitrogens with zero attached hydrogens (tertiary/aromatic N) is 3. The van der Waals surface area contributed by atoms with Crippen LogP contribution in [0.4, 0.5) is 0 Å². The van der Waals surface area contributed by atoms with Crippen molar-refractivity contribution in [2.45, 2.75) is 32.7 Å². The third kappa shape index (κ3) is 2.78. The highest BCUT2D eigenvalue weighted by atomic mass is 15.1. The first-order valence-electron chi connectivity index (χ1n) is 8.64. The van der Waals surface area contributed by atoms with E-state index in [1.807, 2.05) is 24.3 Å². The summed E-state index contributed by atoms with van der Waals surface area (Å²) >= 11 is 0. The van der Waals surface area contributed by atoms with Crippen molar-refractivity contribution in [3.8, 4) is 0 Å². The van der Waals surface area contributed by atoms with Crippen LogP contribution in [0.2, 0.25) is 0 Å². The minimum Gasteiger partial charge on any atom is -0.324 e. The van der Waals surface area contributed by atoms with E-state index in [1.54, 1.807) is 0 Å². The Morgan fingerprint density at radius 3 is 2.29 bits per heavy atom. The average Bonchev–Trinajstić information content (AvgIpc) is 2.95. The number of hydrogen-bond acceptors (Lipinski definition) is 2. The minimum absolute atomic E-state index is 0.844. The van der Waals surface area contributed by atoms with Crippen molar-refractivity contribution >= 4 is 22.2 Å². The Balaban J connectivity index is 1.87. The molecule has 2 aromatic carbocycles. The number of para-hydroxylation sites is 2. The molecule has 4 aromatic rings. The summed E-state index contributed by atoms with van der Waals surface area (Å²) in [6.07, 6.45) is 3.44. The second-order valence-electron chi connectivity index (χ2n) is 6.23. The first kappa shape index (κ1) is 14.9. The van der Waals surface area contributed by atoms with Gasteiger partial charge < -0.3 is 4.57 Å². The third-order valence-corrected chi connectivity index (χ3v) is 4.45. The van der Waals surface area contributed by atoms with Crippen LogP contribution < -0.4 is 0 Å². The molecule has 0 N–H and O–H groups in total. The number of aromatic nitrogens is 3. The van der Waals surface area contributed by atoms with Gasteiger partial charge in [-0.3, -0.25) is 0 Å². The maximum absolute atomic E-state index is 4.90. The highest BCUT2D eigenvalue weighted by Crippen LogP contribution is 2.22. The Hall–Kier alpha value is -2.68. The molecule has 0 bridgehead atoms. The van der Waals surface area contributed by atoms with Crippen molar-refractivity contribution in [1.29, 1.82) is 0 Å². The molecule has 0 unspecified atom stereocenters. The number of unbranched alkanes of at least 4 members (excludes halogenated alkanes) is 1. The lowest BCUT2D eigenvalue weighted by Gasteiger charge is -2.10. The van der Waals surface area contributed by atoms with Crippen LogP contribution in [0.1, 0.15) is 31.0 Å². The zero-order chi connectivity index (χ0) is 16.4. The van der Waals surface area contributed by atoms with Gasteiger partial charge in [-0.1, -0.05) is 55.8 Å². The van der Waals surface area contributed by atoms with Gasteiger partial charge in [-0.15, -0.1) is 0 Å². The molecule has 3 heteroatoms. The molecule has 24 heavy (non-hydrogen) atoms. The first-order valence-corrected chi connectivity index (χ1v) is 8.64. The quantitative estimate of drug-likeness (QED) is 0.520. The van der Waals surface area contributed by atoms with E-state index in [0.717, 1.165) is 35.2 Å². The minimum atomic E-state index is 0.844. The van der Waals surface area contributed by atoms with Crippen molar-refractivity contribution in [2.75, 3.05) is 0 Å². The first-order chi connectivity index (χ1) is 11.8. The van der Waals surface area contributed by atoms with E-state index in [0.29, 0.717) is 0 Å². The highest BCUT2D eigenvalue weighted by molar-refractivity contribution is 5.85. The zero-order valence-electron chi connectivity index (χ0n) is 13.9. The van der Waals surface area contributed by atoms with Crippen LogP contribution in [0.15, 0.2) is 60.7 Å². The average molecular weight is 315 g/mol. The van der Waals surface area contributed by atoms with E-state index >= 15 is 0 Å². The summed E-state index contributed by atoms with van der Waals surface area (Å²) in [4.78, 5) is 9.73. The molecular weight excluding hydrogens is 294 g/mol. The summed E-state index contributed by atoms with van der Waals surface area (Å²) in [7, 11) is 0. The van der Waals surface area contributed by atoms with Gasteiger partial charge in [-0.25, -0.2) is 9.97 Å². The van der Waals surface area contributed by atoms with E-state index in [2.05, 4.69) is 47.9 Å². The van der Waals surface area contributed by atoms with Crippen LogP contribution >= 0.6 is 0 Å². The molecule has 0 aliphatic carbocycles. The van der Waals surface area contributed by atoms with Crippen molar-refractivity contribution in [1.82, 2.24) is 14.5 Å². The predicted octanol–water partition coefficient (Wildman–Crippen LogP) is 4.98. The van der Waals surface area contributed by atoms with E-state index in [9.17, 15) is 0 Å². The third-order valence-electron chi connectivity index (χ3n) is 4.45. The maximum Gasteiger partial charge on any atom is 0.159 e. The van der Waals surface area contributed by atoms with Gasteiger partial charge in [0.05, 0.1) is 11.0 Å². The Bertz CT molecular complexity index is 970. The second-order valence-corrected chi connectivity index (χ2v) is 6.23. The Morgan fingerprint density at radius 2 is 1.54 bits per heavy atom. The van der Waals surface area contributed by atoms with Crippen LogP contribution in [-0.2, 0) is 13.0 Å². The van der Waals surface area contributed by atoms with Gasteiger partial charge in [-0.05, 0) is 36.6 Å². The summed E-state index contributed by atoms with van der Waals surface area (Å²) in [5.41, 5.74) is 6.52. The molecule has 2 heterocycles. The normalized spacial score (nSPS) is 11.4. The van der Waals surface area contributed by atoms with Crippen molar-refractivity contribution in [3.63, 3.8) is 0 Å². The lowest BCUT2D eigenvalue weighted by molar-refractivity contribution is 0.707. The van der Waals surface area contributed by atoms with Gasteiger partial charge in [0.15, 0.2) is 5.65 Å². The van der Waals surface area contributed by atoms with Gasteiger partial charge in [0.25, 0.3) is 0 Å². The summed E-state index contributed by atoms with van der Waals surface area (Å²) < 4.78 is 2.33. The van der Waals surface area contributed by atoms with Crippen molar-refractivity contribution in [3.05, 3.63) is 71.9 Å². The fourth-order valence-corrected chi connectivity index (χ4v) is 3.18. The smallest absolute Gasteiger partial charge is 0.159 e. The van der Waals surface area contributed by atoms with Gasteiger partial charge >= 0.3 is 0 Å². The number of fused-ring (bicyclic) bond motifs is 2. The molecule has 0 aliphatic heterocycles.